The topological polar surface area (TPSA) is 62.4 Å². The molecule has 1 saturated carbocycles. The highest BCUT2D eigenvalue weighted by atomic mass is 35.5. The summed E-state index contributed by atoms with van der Waals surface area (Å²) in [6.07, 6.45) is 3.32. The van der Waals surface area contributed by atoms with Gasteiger partial charge in [-0.2, -0.15) is 0 Å². The molecule has 0 saturated heterocycles. The number of thiophene rings is 1. The van der Waals surface area contributed by atoms with Gasteiger partial charge in [-0.05, 0) is 25.0 Å². The van der Waals surface area contributed by atoms with Crippen LogP contribution in [-0.4, -0.2) is 18.5 Å². The molecule has 0 atom stereocenters. The predicted molar refractivity (Wildman–Crippen MR) is 68.8 cm³/mol. The Balaban J connectivity index is 1.77. The number of aliphatic imine (C=N–C) groups is 1. The summed E-state index contributed by atoms with van der Waals surface area (Å²) in [6.45, 7) is 0.718. The fraction of sp³-hybridized carbons (Fsp3) is 0.500. The number of rotatable bonds is 4. The third-order valence-corrected chi connectivity index (χ3v) is 3.60. The van der Waals surface area contributed by atoms with Crippen LogP contribution in [0.25, 0.3) is 0 Å². The second-order valence-electron chi connectivity index (χ2n) is 3.75. The lowest BCUT2D eigenvalue weighted by Crippen LogP contribution is -2.42. The van der Waals surface area contributed by atoms with E-state index in [4.69, 9.17) is 17.4 Å². The lowest BCUT2D eigenvalue weighted by atomic mass is 10.3. The Kier molecular flexibility index (Phi) is 4.04. The monoisotopic (exact) mass is 258 g/mol. The minimum absolute atomic E-state index is 0.561. The minimum atomic E-state index is 0.561. The van der Waals surface area contributed by atoms with E-state index in [1.54, 1.807) is 11.3 Å². The van der Waals surface area contributed by atoms with Crippen LogP contribution in [0.15, 0.2) is 17.1 Å². The first-order chi connectivity index (χ1) is 7.78. The molecule has 0 spiro atoms. The third kappa shape index (κ3) is 3.66. The van der Waals surface area contributed by atoms with E-state index in [2.05, 4.69) is 15.7 Å². The van der Waals surface area contributed by atoms with E-state index in [0.29, 0.717) is 12.0 Å². The molecule has 1 aromatic rings. The number of nitrogens with two attached hydrogens (primary N) is 1. The number of hydrogen-bond acceptors (Lipinski definition) is 3. The van der Waals surface area contributed by atoms with Gasteiger partial charge >= 0.3 is 0 Å². The Labute approximate surface area is 104 Å². The molecule has 6 heteroatoms. The smallest absolute Gasteiger partial charge is 0.205 e. The van der Waals surface area contributed by atoms with Gasteiger partial charge in [-0.25, -0.2) is 5.84 Å². The summed E-state index contributed by atoms with van der Waals surface area (Å²) in [5, 5.41) is 3.22. The molecule has 0 aliphatic heterocycles. The molecule has 4 N–H and O–H groups in total. The van der Waals surface area contributed by atoms with Crippen molar-refractivity contribution in [2.24, 2.45) is 10.8 Å². The number of guanidine groups is 1. The van der Waals surface area contributed by atoms with Crippen molar-refractivity contribution in [3.05, 3.63) is 21.3 Å². The van der Waals surface area contributed by atoms with Crippen molar-refractivity contribution in [2.75, 3.05) is 6.54 Å². The summed E-state index contributed by atoms with van der Waals surface area (Å²) < 4.78 is 0.826. The zero-order valence-electron chi connectivity index (χ0n) is 8.87. The first-order valence-corrected chi connectivity index (χ1v) is 6.49. The fourth-order valence-corrected chi connectivity index (χ4v) is 2.39. The lowest BCUT2D eigenvalue weighted by molar-refractivity contribution is 0.818. The summed E-state index contributed by atoms with van der Waals surface area (Å²) >= 11 is 7.44. The molecule has 1 aromatic heterocycles. The van der Waals surface area contributed by atoms with Crippen molar-refractivity contribution in [3.63, 3.8) is 0 Å². The number of nitrogens with zero attached hydrogens (tertiary/aromatic N) is 1. The molecular formula is C10H15ClN4S. The van der Waals surface area contributed by atoms with Crippen molar-refractivity contribution in [2.45, 2.75) is 25.3 Å². The van der Waals surface area contributed by atoms with Gasteiger partial charge in [0.2, 0.25) is 5.96 Å². The fourth-order valence-electron chi connectivity index (χ4n) is 1.32. The molecule has 1 heterocycles. The quantitative estimate of drug-likeness (QED) is 0.332. The van der Waals surface area contributed by atoms with E-state index < -0.39 is 0 Å². The van der Waals surface area contributed by atoms with Crippen LogP contribution in [0.2, 0.25) is 4.34 Å². The van der Waals surface area contributed by atoms with Gasteiger partial charge in [0.15, 0.2) is 0 Å². The van der Waals surface area contributed by atoms with Crippen molar-refractivity contribution in [1.82, 2.24) is 10.7 Å². The summed E-state index contributed by atoms with van der Waals surface area (Å²) in [7, 11) is 0. The van der Waals surface area contributed by atoms with Gasteiger partial charge in [-0.1, -0.05) is 11.6 Å². The number of hydrazine groups is 1. The first kappa shape index (κ1) is 11.7. The Morgan fingerprint density at radius 3 is 2.94 bits per heavy atom. The van der Waals surface area contributed by atoms with E-state index in [1.807, 2.05) is 12.1 Å². The molecule has 1 aliphatic rings. The summed E-state index contributed by atoms with van der Waals surface area (Å²) in [6, 6.07) is 4.51. The molecule has 0 aromatic carbocycles. The summed E-state index contributed by atoms with van der Waals surface area (Å²) in [5.74, 6) is 6.06. The van der Waals surface area contributed by atoms with E-state index in [9.17, 15) is 0 Å². The van der Waals surface area contributed by atoms with Gasteiger partial charge in [0.1, 0.15) is 0 Å². The SMILES string of the molecule is NNC(=NCCc1ccc(Cl)s1)NC1CC1. The zero-order chi connectivity index (χ0) is 11.4. The van der Waals surface area contributed by atoms with Gasteiger partial charge in [-0.3, -0.25) is 10.4 Å². The Morgan fingerprint density at radius 2 is 2.38 bits per heavy atom. The van der Waals surface area contributed by atoms with Crippen molar-refractivity contribution >= 4 is 28.9 Å². The molecule has 0 radical (unpaired) electrons. The highest BCUT2D eigenvalue weighted by molar-refractivity contribution is 7.16. The van der Waals surface area contributed by atoms with Crippen LogP contribution in [0, 0.1) is 0 Å². The molecule has 88 valence electrons. The molecular weight excluding hydrogens is 244 g/mol. The van der Waals surface area contributed by atoms with Crippen molar-refractivity contribution < 1.29 is 0 Å². The summed E-state index contributed by atoms with van der Waals surface area (Å²) in [4.78, 5) is 5.61. The lowest BCUT2D eigenvalue weighted by Gasteiger charge is -2.06. The molecule has 2 rings (SSSR count). The van der Waals surface area contributed by atoms with Crippen LogP contribution >= 0.6 is 22.9 Å². The van der Waals surface area contributed by atoms with E-state index in [-0.39, 0.29) is 0 Å². The number of nitrogens with one attached hydrogen (secondary N) is 2. The van der Waals surface area contributed by atoms with Crippen LogP contribution in [0.4, 0.5) is 0 Å². The van der Waals surface area contributed by atoms with Crippen LogP contribution < -0.4 is 16.6 Å². The molecule has 0 bridgehead atoms. The number of hydrogen-bond donors (Lipinski definition) is 3. The maximum Gasteiger partial charge on any atom is 0.205 e. The third-order valence-electron chi connectivity index (χ3n) is 2.31. The van der Waals surface area contributed by atoms with Crippen LogP contribution in [0.5, 0.6) is 0 Å². The Morgan fingerprint density at radius 1 is 1.56 bits per heavy atom. The summed E-state index contributed by atoms with van der Waals surface area (Å²) in [5.41, 5.74) is 2.58. The van der Waals surface area contributed by atoms with Gasteiger partial charge in [0.05, 0.1) is 4.34 Å². The molecule has 0 amide bonds. The molecule has 4 nitrogen and oxygen atoms in total. The van der Waals surface area contributed by atoms with Gasteiger partial charge in [-0.15, -0.1) is 11.3 Å². The second-order valence-corrected chi connectivity index (χ2v) is 5.55. The molecule has 1 fully saturated rings. The van der Waals surface area contributed by atoms with Gasteiger partial charge in [0.25, 0.3) is 0 Å². The van der Waals surface area contributed by atoms with Crippen LogP contribution in [0.3, 0.4) is 0 Å². The van der Waals surface area contributed by atoms with Gasteiger partial charge < -0.3 is 5.32 Å². The highest BCUT2D eigenvalue weighted by Crippen LogP contribution is 2.21. The predicted octanol–water partition coefficient (Wildman–Crippen LogP) is 1.52. The normalized spacial score (nSPS) is 16.2. The largest absolute Gasteiger partial charge is 0.353 e. The Hall–Kier alpha value is -0.780. The highest BCUT2D eigenvalue weighted by Gasteiger charge is 2.21. The van der Waals surface area contributed by atoms with Crippen LogP contribution in [-0.2, 0) is 6.42 Å². The standard InChI is InChI=1S/C10H15ClN4S/c11-9-4-3-8(16-9)5-6-13-10(15-12)14-7-1-2-7/h3-4,7H,1-2,5-6,12H2,(H2,13,14,15). The van der Waals surface area contributed by atoms with E-state index in [0.717, 1.165) is 17.3 Å². The first-order valence-electron chi connectivity index (χ1n) is 5.30. The van der Waals surface area contributed by atoms with Crippen LogP contribution in [0.1, 0.15) is 17.7 Å². The maximum atomic E-state index is 5.84. The van der Waals surface area contributed by atoms with Crippen molar-refractivity contribution in [1.29, 1.82) is 0 Å². The minimum Gasteiger partial charge on any atom is -0.353 e. The second kappa shape index (κ2) is 5.52. The number of halogens is 1. The average molecular weight is 259 g/mol. The Bertz CT molecular complexity index is 373. The zero-order valence-corrected chi connectivity index (χ0v) is 10.4. The van der Waals surface area contributed by atoms with Crippen molar-refractivity contribution in [3.8, 4) is 0 Å². The molecule has 1 aliphatic carbocycles. The average Bonchev–Trinajstić information content (AvgIpc) is 3.00. The maximum absolute atomic E-state index is 5.84. The molecule has 0 unspecified atom stereocenters. The van der Waals surface area contributed by atoms with E-state index >= 15 is 0 Å². The van der Waals surface area contributed by atoms with Gasteiger partial charge in [0, 0.05) is 23.9 Å². The molecule has 16 heavy (non-hydrogen) atoms. The van der Waals surface area contributed by atoms with E-state index in [1.165, 1.54) is 17.7 Å².